The Morgan fingerprint density at radius 3 is 2.52 bits per heavy atom. The average molecular weight is 518 g/mol. The van der Waals surface area contributed by atoms with Crippen LogP contribution in [0.25, 0.3) is 0 Å². The molecule has 1 amide bonds. The maximum atomic E-state index is 12.6. The number of rotatable bonds is 5. The van der Waals surface area contributed by atoms with Crippen LogP contribution in [-0.2, 0) is 11.8 Å². The van der Waals surface area contributed by atoms with Crippen LogP contribution in [0.5, 0.6) is 0 Å². The van der Waals surface area contributed by atoms with E-state index in [-0.39, 0.29) is 29.9 Å². The van der Waals surface area contributed by atoms with Gasteiger partial charge in [0, 0.05) is 72.7 Å². The summed E-state index contributed by atoms with van der Waals surface area (Å²) >= 11 is 0. The molecule has 0 bridgehead atoms. The SMILES string of the molecule is CN=C(NCC(C)CN1CCN(C)CC1)N1CCN(c2cnn(C)c2)C(=O)C1.I. The molecular formula is C19H35IN8O. The largest absolute Gasteiger partial charge is 0.356 e. The monoisotopic (exact) mass is 518 g/mol. The zero-order chi connectivity index (χ0) is 20.1. The highest BCUT2D eigenvalue weighted by molar-refractivity contribution is 14.0. The molecular weight excluding hydrogens is 483 g/mol. The van der Waals surface area contributed by atoms with E-state index in [1.807, 2.05) is 18.1 Å². The lowest BCUT2D eigenvalue weighted by molar-refractivity contribution is -0.120. The molecule has 0 aromatic carbocycles. The number of hydrogen-bond donors (Lipinski definition) is 1. The number of carbonyl (C=O) groups is 1. The first-order chi connectivity index (χ1) is 13.5. The maximum Gasteiger partial charge on any atom is 0.246 e. The van der Waals surface area contributed by atoms with Gasteiger partial charge in [0.2, 0.25) is 5.91 Å². The number of piperazine rings is 2. The number of halogens is 1. The van der Waals surface area contributed by atoms with Gasteiger partial charge in [-0.05, 0) is 13.0 Å². The van der Waals surface area contributed by atoms with Crippen LogP contribution in [0.15, 0.2) is 17.4 Å². The molecule has 1 aromatic rings. The van der Waals surface area contributed by atoms with Gasteiger partial charge >= 0.3 is 0 Å². The number of aromatic nitrogens is 2. The third-order valence-corrected chi connectivity index (χ3v) is 5.51. The van der Waals surface area contributed by atoms with Gasteiger partial charge in [0.15, 0.2) is 5.96 Å². The molecule has 9 nitrogen and oxygen atoms in total. The van der Waals surface area contributed by atoms with E-state index in [4.69, 9.17) is 0 Å². The van der Waals surface area contributed by atoms with Gasteiger partial charge in [0.25, 0.3) is 0 Å². The third-order valence-electron chi connectivity index (χ3n) is 5.51. The molecule has 3 heterocycles. The van der Waals surface area contributed by atoms with Gasteiger partial charge in [-0.15, -0.1) is 24.0 Å². The maximum absolute atomic E-state index is 12.6. The van der Waals surface area contributed by atoms with Crippen LogP contribution in [0.4, 0.5) is 5.69 Å². The number of carbonyl (C=O) groups excluding carboxylic acids is 1. The molecule has 0 spiro atoms. The minimum atomic E-state index is 0. The summed E-state index contributed by atoms with van der Waals surface area (Å²) < 4.78 is 1.72. The summed E-state index contributed by atoms with van der Waals surface area (Å²) in [5.74, 6) is 1.41. The van der Waals surface area contributed by atoms with E-state index in [0.29, 0.717) is 19.0 Å². The highest BCUT2D eigenvalue weighted by atomic mass is 127. The number of nitrogens with one attached hydrogen (secondary N) is 1. The quantitative estimate of drug-likeness (QED) is 0.340. The minimum Gasteiger partial charge on any atom is -0.356 e. The lowest BCUT2D eigenvalue weighted by atomic mass is 10.1. The normalized spacial score (nSPS) is 20.6. The molecule has 0 saturated carbocycles. The molecule has 1 atom stereocenters. The van der Waals surface area contributed by atoms with Crippen molar-refractivity contribution in [3.63, 3.8) is 0 Å². The van der Waals surface area contributed by atoms with Crippen molar-refractivity contribution >= 4 is 41.5 Å². The van der Waals surface area contributed by atoms with Crippen LogP contribution < -0.4 is 10.2 Å². The Kier molecular flexibility index (Phi) is 9.15. The van der Waals surface area contributed by atoms with Gasteiger partial charge in [-0.25, -0.2) is 0 Å². The number of likely N-dealkylation sites (N-methyl/N-ethyl adjacent to an activating group) is 1. The van der Waals surface area contributed by atoms with Crippen molar-refractivity contribution in [3.8, 4) is 0 Å². The van der Waals surface area contributed by atoms with Crippen molar-refractivity contribution in [1.82, 2.24) is 29.8 Å². The van der Waals surface area contributed by atoms with E-state index in [1.54, 1.807) is 22.8 Å². The molecule has 10 heteroatoms. The molecule has 2 saturated heterocycles. The van der Waals surface area contributed by atoms with Crippen molar-refractivity contribution < 1.29 is 4.79 Å². The van der Waals surface area contributed by atoms with Gasteiger partial charge in [0.1, 0.15) is 6.54 Å². The smallest absolute Gasteiger partial charge is 0.246 e. The number of amides is 1. The standard InChI is InChI=1S/C19H34N8O.HI/c1-16(13-25-7-5-23(3)6-8-25)11-21-19(20-2)26-9-10-27(18(28)15-26)17-12-22-24(4)14-17;/h12,14,16H,5-11,13,15H2,1-4H3,(H,20,21);1H. The Morgan fingerprint density at radius 1 is 1.21 bits per heavy atom. The van der Waals surface area contributed by atoms with Crippen molar-refractivity contribution in [3.05, 3.63) is 12.4 Å². The highest BCUT2D eigenvalue weighted by Gasteiger charge is 2.28. The summed E-state index contributed by atoms with van der Waals surface area (Å²) in [6.45, 7) is 10.5. The van der Waals surface area contributed by atoms with E-state index in [1.165, 1.54) is 0 Å². The molecule has 1 aromatic heterocycles. The predicted molar refractivity (Wildman–Crippen MR) is 127 cm³/mol. The van der Waals surface area contributed by atoms with Crippen LogP contribution in [-0.4, -0.2) is 109 Å². The molecule has 29 heavy (non-hydrogen) atoms. The van der Waals surface area contributed by atoms with Gasteiger partial charge in [-0.2, -0.15) is 5.10 Å². The van der Waals surface area contributed by atoms with E-state index >= 15 is 0 Å². The van der Waals surface area contributed by atoms with Crippen molar-refractivity contribution in [2.45, 2.75) is 6.92 Å². The summed E-state index contributed by atoms with van der Waals surface area (Å²) in [4.78, 5) is 25.8. The summed E-state index contributed by atoms with van der Waals surface area (Å²) in [7, 11) is 5.83. The number of guanidine groups is 1. The van der Waals surface area contributed by atoms with E-state index in [9.17, 15) is 4.79 Å². The molecule has 3 rings (SSSR count). The van der Waals surface area contributed by atoms with Crippen LogP contribution in [0.3, 0.4) is 0 Å². The second-order valence-corrected chi connectivity index (χ2v) is 7.98. The highest BCUT2D eigenvalue weighted by Crippen LogP contribution is 2.16. The number of anilines is 1. The number of aliphatic imine (C=N–C) groups is 1. The second-order valence-electron chi connectivity index (χ2n) is 7.98. The molecule has 2 aliphatic heterocycles. The Hall–Kier alpha value is -1.40. The Morgan fingerprint density at radius 2 is 1.93 bits per heavy atom. The van der Waals surface area contributed by atoms with Gasteiger partial charge in [-0.1, -0.05) is 6.92 Å². The third kappa shape index (κ3) is 6.54. The first kappa shape index (κ1) is 23.9. The molecule has 2 fully saturated rings. The minimum absolute atomic E-state index is 0. The molecule has 1 N–H and O–H groups in total. The first-order valence-corrected chi connectivity index (χ1v) is 10.1. The Balaban J connectivity index is 0.00000300. The Labute approximate surface area is 191 Å². The fourth-order valence-electron chi connectivity index (χ4n) is 3.81. The fraction of sp³-hybridized carbons (Fsp3) is 0.737. The van der Waals surface area contributed by atoms with Crippen LogP contribution in [0.2, 0.25) is 0 Å². The predicted octanol–water partition coefficient (Wildman–Crippen LogP) is 0.146. The summed E-state index contributed by atoms with van der Waals surface area (Å²) in [6.07, 6.45) is 3.61. The van der Waals surface area contributed by atoms with Crippen LogP contribution in [0.1, 0.15) is 6.92 Å². The summed E-state index contributed by atoms with van der Waals surface area (Å²) in [5.41, 5.74) is 0.857. The molecule has 0 aliphatic carbocycles. The number of aryl methyl sites for hydroxylation is 1. The lowest BCUT2D eigenvalue weighted by Gasteiger charge is -2.36. The molecule has 164 valence electrons. The zero-order valence-electron chi connectivity index (χ0n) is 18.0. The van der Waals surface area contributed by atoms with Crippen LogP contribution in [0, 0.1) is 5.92 Å². The van der Waals surface area contributed by atoms with Gasteiger partial charge in [-0.3, -0.25) is 14.5 Å². The van der Waals surface area contributed by atoms with Crippen LogP contribution >= 0.6 is 24.0 Å². The Bertz CT molecular complexity index is 686. The molecule has 1 unspecified atom stereocenters. The summed E-state index contributed by atoms with van der Waals surface area (Å²) in [6, 6.07) is 0. The van der Waals surface area contributed by atoms with Crippen molar-refractivity contribution in [1.29, 1.82) is 0 Å². The number of nitrogens with zero attached hydrogens (tertiary/aromatic N) is 7. The average Bonchev–Trinajstić information content (AvgIpc) is 3.10. The van der Waals surface area contributed by atoms with E-state index in [2.05, 4.69) is 39.2 Å². The lowest BCUT2D eigenvalue weighted by Crippen LogP contribution is -2.56. The topological polar surface area (TPSA) is 72.2 Å². The first-order valence-electron chi connectivity index (χ1n) is 10.1. The number of hydrogen-bond acceptors (Lipinski definition) is 5. The van der Waals surface area contributed by atoms with Gasteiger partial charge in [0.05, 0.1) is 11.9 Å². The van der Waals surface area contributed by atoms with E-state index in [0.717, 1.165) is 57.5 Å². The molecule has 2 aliphatic rings. The van der Waals surface area contributed by atoms with E-state index < -0.39 is 0 Å². The van der Waals surface area contributed by atoms with Gasteiger partial charge < -0.3 is 24.9 Å². The summed E-state index contributed by atoms with van der Waals surface area (Å²) in [5, 5.41) is 7.63. The van der Waals surface area contributed by atoms with Crippen molar-refractivity contribution in [2.75, 3.05) is 77.9 Å². The fourth-order valence-corrected chi connectivity index (χ4v) is 3.81. The van der Waals surface area contributed by atoms with Crippen molar-refractivity contribution in [2.24, 2.45) is 18.0 Å². The molecule has 0 radical (unpaired) electrons. The zero-order valence-corrected chi connectivity index (χ0v) is 20.4. The second kappa shape index (κ2) is 11.1.